The maximum Gasteiger partial charge on any atom is 0.274 e. The Balaban J connectivity index is 1.94. The van der Waals surface area contributed by atoms with Crippen LogP contribution in [0.15, 0.2) is 74.7 Å². The minimum Gasteiger partial charge on any atom is -0.495 e. The molecule has 1 amide bonds. The van der Waals surface area contributed by atoms with Gasteiger partial charge in [0.1, 0.15) is 16.5 Å². The van der Waals surface area contributed by atoms with Gasteiger partial charge in [-0.3, -0.25) is 9.10 Å². The molecule has 0 fully saturated rings. The number of ether oxygens (including phenoxy) is 1. The molecular formula is C19H17BrN2O4S2. The molecule has 146 valence electrons. The third-order valence-corrected chi connectivity index (χ3v) is 7.47. The molecule has 1 aromatic heterocycles. The highest BCUT2D eigenvalue weighted by molar-refractivity contribution is 9.10. The van der Waals surface area contributed by atoms with Crippen LogP contribution in [-0.2, 0) is 14.8 Å². The maximum absolute atomic E-state index is 13.2. The predicted octanol–water partition coefficient (Wildman–Crippen LogP) is 4.35. The molecule has 0 aliphatic heterocycles. The molecule has 0 bridgehead atoms. The van der Waals surface area contributed by atoms with Crippen LogP contribution in [0.2, 0.25) is 0 Å². The quantitative estimate of drug-likeness (QED) is 0.545. The van der Waals surface area contributed by atoms with E-state index < -0.39 is 22.5 Å². The van der Waals surface area contributed by atoms with E-state index >= 15 is 0 Å². The molecule has 9 heteroatoms. The molecule has 0 radical (unpaired) electrons. The van der Waals surface area contributed by atoms with Crippen LogP contribution in [-0.4, -0.2) is 28.0 Å². The van der Waals surface area contributed by atoms with Crippen molar-refractivity contribution >= 4 is 54.6 Å². The molecule has 28 heavy (non-hydrogen) atoms. The van der Waals surface area contributed by atoms with Crippen LogP contribution in [0.5, 0.6) is 5.75 Å². The van der Waals surface area contributed by atoms with Crippen molar-refractivity contribution in [2.75, 3.05) is 23.3 Å². The Morgan fingerprint density at radius 3 is 2.46 bits per heavy atom. The molecule has 6 nitrogen and oxygen atoms in total. The van der Waals surface area contributed by atoms with E-state index in [1.54, 1.807) is 60.0 Å². The van der Waals surface area contributed by atoms with Crippen molar-refractivity contribution in [2.45, 2.75) is 4.21 Å². The van der Waals surface area contributed by atoms with Crippen LogP contribution < -0.4 is 14.4 Å². The van der Waals surface area contributed by atoms with Crippen LogP contribution in [0.1, 0.15) is 0 Å². The lowest BCUT2D eigenvalue weighted by molar-refractivity contribution is -0.114. The van der Waals surface area contributed by atoms with Gasteiger partial charge in [0.05, 0.1) is 12.8 Å². The normalized spacial score (nSPS) is 11.1. The first-order valence-electron chi connectivity index (χ1n) is 8.16. The lowest BCUT2D eigenvalue weighted by Crippen LogP contribution is -2.38. The number of thiophene rings is 1. The number of hydrogen-bond acceptors (Lipinski definition) is 5. The Labute approximate surface area is 175 Å². The van der Waals surface area contributed by atoms with Gasteiger partial charge in [-0.2, -0.15) is 0 Å². The summed E-state index contributed by atoms with van der Waals surface area (Å²) in [6.07, 6.45) is 0. The molecule has 0 unspecified atom stereocenters. The number of sulfonamides is 1. The summed E-state index contributed by atoms with van der Waals surface area (Å²) in [5.41, 5.74) is 0.867. The second-order valence-electron chi connectivity index (χ2n) is 5.67. The van der Waals surface area contributed by atoms with Crippen LogP contribution >= 0.6 is 27.3 Å². The van der Waals surface area contributed by atoms with E-state index in [4.69, 9.17) is 4.74 Å². The number of amides is 1. The maximum atomic E-state index is 13.2. The Hall–Kier alpha value is -2.36. The Morgan fingerprint density at radius 2 is 1.82 bits per heavy atom. The number of hydrogen-bond donors (Lipinski definition) is 1. The van der Waals surface area contributed by atoms with E-state index in [1.807, 2.05) is 0 Å². The summed E-state index contributed by atoms with van der Waals surface area (Å²) in [6.45, 7) is -0.392. The van der Waals surface area contributed by atoms with Gasteiger partial charge in [-0.25, -0.2) is 8.42 Å². The third kappa shape index (κ3) is 4.54. The van der Waals surface area contributed by atoms with E-state index in [9.17, 15) is 13.2 Å². The summed E-state index contributed by atoms with van der Waals surface area (Å²) in [5, 5.41) is 4.40. The van der Waals surface area contributed by atoms with Gasteiger partial charge in [0.25, 0.3) is 10.0 Å². The molecule has 0 atom stereocenters. The number of nitrogens with zero attached hydrogens (tertiary/aromatic N) is 1. The Morgan fingerprint density at radius 1 is 1.11 bits per heavy atom. The summed E-state index contributed by atoms with van der Waals surface area (Å²) >= 11 is 4.43. The Kier molecular flexibility index (Phi) is 6.38. The fourth-order valence-corrected chi connectivity index (χ4v) is 5.32. The monoisotopic (exact) mass is 480 g/mol. The Bertz CT molecular complexity index is 1050. The van der Waals surface area contributed by atoms with Gasteiger partial charge < -0.3 is 10.1 Å². The van der Waals surface area contributed by atoms with E-state index in [2.05, 4.69) is 21.2 Å². The molecule has 0 aliphatic carbocycles. The molecular weight excluding hydrogens is 464 g/mol. The first kappa shape index (κ1) is 20.4. The summed E-state index contributed by atoms with van der Waals surface area (Å²) in [5.74, 6) is -0.104. The number of anilines is 2. The molecule has 1 heterocycles. The number of para-hydroxylation sites is 2. The zero-order chi connectivity index (χ0) is 20.1. The summed E-state index contributed by atoms with van der Waals surface area (Å²) < 4.78 is 33.8. The zero-order valence-electron chi connectivity index (χ0n) is 14.8. The van der Waals surface area contributed by atoms with Crippen molar-refractivity contribution in [2.24, 2.45) is 0 Å². The van der Waals surface area contributed by atoms with Crippen molar-refractivity contribution < 1.29 is 17.9 Å². The van der Waals surface area contributed by atoms with Gasteiger partial charge in [0.2, 0.25) is 5.91 Å². The molecule has 3 rings (SSSR count). The summed E-state index contributed by atoms with van der Waals surface area (Å²) in [7, 11) is -2.48. The number of carbonyl (C=O) groups is 1. The van der Waals surface area contributed by atoms with Crippen molar-refractivity contribution in [3.63, 3.8) is 0 Å². The summed E-state index contributed by atoms with van der Waals surface area (Å²) in [4.78, 5) is 12.6. The van der Waals surface area contributed by atoms with E-state index in [0.717, 1.165) is 20.1 Å². The fraction of sp³-hybridized carbons (Fsp3) is 0.105. The molecule has 1 N–H and O–H groups in total. The standard InChI is InChI=1S/C19H17BrN2O4S2/c1-26-17-6-3-2-5-16(17)22(28(24,25)19-7-4-12-27-19)13-18(23)21-15-10-8-14(20)9-11-15/h2-12H,13H2,1H3,(H,21,23). The van der Waals surface area contributed by atoms with Gasteiger partial charge in [-0.05, 0) is 47.8 Å². The highest BCUT2D eigenvalue weighted by atomic mass is 79.9. The number of nitrogens with one attached hydrogen (secondary N) is 1. The zero-order valence-corrected chi connectivity index (χ0v) is 18.1. The highest BCUT2D eigenvalue weighted by Gasteiger charge is 2.30. The SMILES string of the molecule is COc1ccccc1N(CC(=O)Nc1ccc(Br)cc1)S(=O)(=O)c1cccs1. The van der Waals surface area contributed by atoms with Gasteiger partial charge in [0, 0.05) is 10.2 Å². The first-order valence-corrected chi connectivity index (χ1v) is 11.3. The predicted molar refractivity (Wildman–Crippen MR) is 115 cm³/mol. The lowest BCUT2D eigenvalue weighted by Gasteiger charge is -2.24. The van der Waals surface area contributed by atoms with Crippen LogP contribution in [0.25, 0.3) is 0 Å². The molecule has 0 aliphatic rings. The summed E-state index contributed by atoms with van der Waals surface area (Å²) in [6, 6.07) is 16.9. The molecule has 0 spiro atoms. The average Bonchev–Trinajstić information content (AvgIpc) is 3.23. The van der Waals surface area contributed by atoms with E-state index in [-0.39, 0.29) is 4.21 Å². The minimum atomic E-state index is -3.93. The first-order chi connectivity index (χ1) is 13.4. The molecule has 0 saturated heterocycles. The van der Waals surface area contributed by atoms with Crippen LogP contribution in [0.3, 0.4) is 0 Å². The molecule has 0 saturated carbocycles. The highest BCUT2D eigenvalue weighted by Crippen LogP contribution is 2.33. The van der Waals surface area contributed by atoms with E-state index in [1.165, 1.54) is 13.2 Å². The van der Waals surface area contributed by atoms with Gasteiger partial charge in [0.15, 0.2) is 0 Å². The van der Waals surface area contributed by atoms with Crippen molar-refractivity contribution in [1.82, 2.24) is 0 Å². The lowest BCUT2D eigenvalue weighted by atomic mass is 10.3. The minimum absolute atomic E-state index is 0.148. The number of rotatable bonds is 7. The largest absolute Gasteiger partial charge is 0.495 e. The average molecular weight is 481 g/mol. The van der Waals surface area contributed by atoms with Gasteiger partial charge in [-0.1, -0.05) is 34.1 Å². The van der Waals surface area contributed by atoms with Crippen LogP contribution in [0.4, 0.5) is 11.4 Å². The smallest absolute Gasteiger partial charge is 0.274 e. The van der Waals surface area contributed by atoms with E-state index in [0.29, 0.717) is 17.1 Å². The number of methoxy groups -OCH3 is 1. The third-order valence-electron chi connectivity index (χ3n) is 3.81. The number of halogens is 1. The topological polar surface area (TPSA) is 75.7 Å². The van der Waals surface area contributed by atoms with Crippen molar-refractivity contribution in [3.8, 4) is 5.75 Å². The van der Waals surface area contributed by atoms with Crippen molar-refractivity contribution in [3.05, 3.63) is 70.5 Å². The number of benzene rings is 2. The number of carbonyl (C=O) groups excluding carboxylic acids is 1. The fourth-order valence-electron chi connectivity index (χ4n) is 2.52. The molecule has 3 aromatic rings. The van der Waals surface area contributed by atoms with Crippen molar-refractivity contribution in [1.29, 1.82) is 0 Å². The molecule has 2 aromatic carbocycles. The second kappa shape index (κ2) is 8.76. The van der Waals surface area contributed by atoms with Gasteiger partial charge in [-0.15, -0.1) is 11.3 Å². The second-order valence-corrected chi connectivity index (χ2v) is 9.62. The van der Waals surface area contributed by atoms with Gasteiger partial charge >= 0.3 is 0 Å². The van der Waals surface area contributed by atoms with Crippen LogP contribution in [0, 0.1) is 0 Å².